The highest BCUT2D eigenvalue weighted by Gasteiger charge is 2.15. The van der Waals surface area contributed by atoms with E-state index in [1.165, 1.54) is 0 Å². The van der Waals surface area contributed by atoms with Crippen molar-refractivity contribution in [2.75, 3.05) is 0 Å². The molecule has 1 N–H and O–H groups in total. The number of carbonyl (C=O) groups is 1. The van der Waals surface area contributed by atoms with Crippen LogP contribution in [0.2, 0.25) is 0 Å². The molecule has 0 aromatic carbocycles. The SMILES string of the molecule is Cc1cc(C)n(CC(Cl)C(=O)O)n1. The number of hydrogen-bond acceptors (Lipinski definition) is 2. The molecule has 1 unspecified atom stereocenters. The third-order valence-electron chi connectivity index (χ3n) is 1.70. The maximum atomic E-state index is 10.4. The van der Waals surface area contributed by atoms with E-state index in [4.69, 9.17) is 16.7 Å². The lowest BCUT2D eigenvalue weighted by molar-refractivity contribution is -0.136. The zero-order valence-electron chi connectivity index (χ0n) is 7.49. The summed E-state index contributed by atoms with van der Waals surface area (Å²) in [4.78, 5) is 10.4. The van der Waals surface area contributed by atoms with Crippen molar-refractivity contribution < 1.29 is 9.90 Å². The molecule has 0 spiro atoms. The maximum Gasteiger partial charge on any atom is 0.323 e. The fraction of sp³-hybridized carbons (Fsp3) is 0.500. The van der Waals surface area contributed by atoms with E-state index < -0.39 is 11.3 Å². The van der Waals surface area contributed by atoms with Gasteiger partial charge in [-0.05, 0) is 19.9 Å². The fourth-order valence-corrected chi connectivity index (χ4v) is 1.22. The van der Waals surface area contributed by atoms with Crippen LogP contribution in [0.25, 0.3) is 0 Å². The largest absolute Gasteiger partial charge is 0.480 e. The maximum absolute atomic E-state index is 10.4. The summed E-state index contributed by atoms with van der Waals surface area (Å²) in [5, 5.41) is 11.8. The van der Waals surface area contributed by atoms with Gasteiger partial charge in [0.05, 0.1) is 12.2 Å². The van der Waals surface area contributed by atoms with E-state index in [1.807, 2.05) is 19.9 Å². The van der Waals surface area contributed by atoms with Gasteiger partial charge in [0.15, 0.2) is 5.38 Å². The van der Waals surface area contributed by atoms with Crippen molar-refractivity contribution in [3.05, 3.63) is 17.5 Å². The first-order chi connectivity index (χ1) is 6.00. The number of halogens is 1. The summed E-state index contributed by atoms with van der Waals surface area (Å²) >= 11 is 5.57. The summed E-state index contributed by atoms with van der Waals surface area (Å²) in [6.45, 7) is 3.93. The van der Waals surface area contributed by atoms with Crippen molar-refractivity contribution >= 4 is 17.6 Å². The van der Waals surface area contributed by atoms with Crippen LogP contribution in [0.4, 0.5) is 0 Å². The van der Waals surface area contributed by atoms with E-state index in [0.717, 1.165) is 11.4 Å². The molecular weight excluding hydrogens is 192 g/mol. The monoisotopic (exact) mass is 202 g/mol. The molecule has 1 rings (SSSR count). The van der Waals surface area contributed by atoms with Gasteiger partial charge in [0.25, 0.3) is 0 Å². The van der Waals surface area contributed by atoms with E-state index >= 15 is 0 Å². The smallest absolute Gasteiger partial charge is 0.323 e. The summed E-state index contributed by atoms with van der Waals surface area (Å²) in [5.41, 5.74) is 1.79. The number of aromatic nitrogens is 2. The van der Waals surface area contributed by atoms with E-state index in [-0.39, 0.29) is 6.54 Å². The summed E-state index contributed by atoms with van der Waals surface area (Å²) in [7, 11) is 0. The number of hydrogen-bond donors (Lipinski definition) is 1. The topological polar surface area (TPSA) is 55.1 Å². The molecule has 1 atom stereocenters. The minimum atomic E-state index is -1.02. The van der Waals surface area contributed by atoms with Crippen LogP contribution in [0, 0.1) is 13.8 Å². The number of rotatable bonds is 3. The first kappa shape index (κ1) is 10.1. The lowest BCUT2D eigenvalue weighted by atomic mass is 10.4. The third-order valence-corrected chi connectivity index (χ3v) is 2.03. The van der Waals surface area contributed by atoms with Gasteiger partial charge in [-0.15, -0.1) is 11.6 Å². The highest BCUT2D eigenvalue weighted by molar-refractivity contribution is 6.29. The molecule has 0 bridgehead atoms. The van der Waals surface area contributed by atoms with Crippen molar-refractivity contribution in [2.24, 2.45) is 0 Å². The van der Waals surface area contributed by atoms with Gasteiger partial charge in [0, 0.05) is 5.69 Å². The van der Waals surface area contributed by atoms with E-state index in [0.29, 0.717) is 0 Å². The molecule has 0 aliphatic rings. The van der Waals surface area contributed by atoms with Crippen molar-refractivity contribution in [1.29, 1.82) is 0 Å². The first-order valence-corrected chi connectivity index (χ1v) is 4.32. The van der Waals surface area contributed by atoms with Crippen LogP contribution in [0.3, 0.4) is 0 Å². The van der Waals surface area contributed by atoms with Crippen LogP contribution in [0.5, 0.6) is 0 Å². The molecule has 1 aromatic heterocycles. The molecule has 0 saturated heterocycles. The van der Waals surface area contributed by atoms with Crippen molar-refractivity contribution in [1.82, 2.24) is 9.78 Å². The van der Waals surface area contributed by atoms with Gasteiger partial charge in [-0.3, -0.25) is 9.48 Å². The molecule has 72 valence electrons. The average molecular weight is 203 g/mol. The molecule has 1 heterocycles. The number of aryl methyl sites for hydroxylation is 2. The molecular formula is C8H11ClN2O2. The van der Waals surface area contributed by atoms with Gasteiger partial charge >= 0.3 is 5.97 Å². The van der Waals surface area contributed by atoms with Crippen LogP contribution in [-0.4, -0.2) is 26.2 Å². The summed E-state index contributed by atoms with van der Waals surface area (Å²) in [5.74, 6) is -1.02. The normalized spacial score (nSPS) is 12.8. The van der Waals surface area contributed by atoms with Gasteiger partial charge in [-0.25, -0.2) is 0 Å². The molecule has 13 heavy (non-hydrogen) atoms. The first-order valence-electron chi connectivity index (χ1n) is 3.88. The van der Waals surface area contributed by atoms with Gasteiger partial charge < -0.3 is 5.11 Å². The molecule has 5 heteroatoms. The van der Waals surface area contributed by atoms with Crippen LogP contribution in [-0.2, 0) is 11.3 Å². The average Bonchev–Trinajstić information content (AvgIpc) is 2.30. The highest BCUT2D eigenvalue weighted by atomic mass is 35.5. The van der Waals surface area contributed by atoms with Crippen LogP contribution in [0.15, 0.2) is 6.07 Å². The molecule has 4 nitrogen and oxygen atoms in total. The third kappa shape index (κ3) is 2.45. The molecule has 0 saturated carbocycles. The Morgan fingerprint density at radius 3 is 2.77 bits per heavy atom. The number of aliphatic carboxylic acids is 1. The predicted molar refractivity (Wildman–Crippen MR) is 49.0 cm³/mol. The standard InChI is InChI=1S/C8H11ClN2O2/c1-5-3-6(2)11(10-5)4-7(9)8(12)13/h3,7H,4H2,1-2H3,(H,12,13). The van der Waals surface area contributed by atoms with Gasteiger partial charge in [-0.2, -0.15) is 5.10 Å². The Morgan fingerprint density at radius 1 is 1.77 bits per heavy atom. The van der Waals surface area contributed by atoms with Crippen molar-refractivity contribution in [3.8, 4) is 0 Å². The van der Waals surface area contributed by atoms with Gasteiger partial charge in [-0.1, -0.05) is 0 Å². The zero-order chi connectivity index (χ0) is 10.0. The molecule has 0 aliphatic heterocycles. The lowest BCUT2D eigenvalue weighted by Crippen LogP contribution is -2.21. The number of nitrogens with zero attached hydrogens (tertiary/aromatic N) is 2. The molecule has 0 aliphatic carbocycles. The van der Waals surface area contributed by atoms with E-state index in [1.54, 1.807) is 4.68 Å². The Balaban J connectivity index is 2.74. The summed E-state index contributed by atoms with van der Waals surface area (Å²) in [6, 6.07) is 1.88. The summed E-state index contributed by atoms with van der Waals surface area (Å²) < 4.78 is 1.60. The Kier molecular flexibility index (Phi) is 2.93. The summed E-state index contributed by atoms with van der Waals surface area (Å²) in [6.07, 6.45) is 0. The Morgan fingerprint density at radius 2 is 2.38 bits per heavy atom. The van der Waals surface area contributed by atoms with E-state index in [2.05, 4.69) is 5.10 Å². The number of carboxylic acids is 1. The quantitative estimate of drug-likeness (QED) is 0.750. The van der Waals surface area contributed by atoms with Crippen LogP contribution < -0.4 is 0 Å². The minimum Gasteiger partial charge on any atom is -0.480 e. The Labute approximate surface area is 81.1 Å². The molecule has 0 fully saturated rings. The molecule has 0 radical (unpaired) electrons. The predicted octanol–water partition coefficient (Wildman–Crippen LogP) is 1.19. The second kappa shape index (κ2) is 3.79. The zero-order valence-corrected chi connectivity index (χ0v) is 8.25. The van der Waals surface area contributed by atoms with Crippen LogP contribution in [0.1, 0.15) is 11.4 Å². The minimum absolute atomic E-state index is 0.205. The van der Waals surface area contributed by atoms with Crippen molar-refractivity contribution in [3.63, 3.8) is 0 Å². The second-order valence-electron chi connectivity index (χ2n) is 2.91. The van der Waals surface area contributed by atoms with Crippen LogP contribution >= 0.6 is 11.6 Å². The fourth-order valence-electron chi connectivity index (χ4n) is 1.09. The lowest BCUT2D eigenvalue weighted by Gasteiger charge is -2.05. The van der Waals surface area contributed by atoms with Crippen molar-refractivity contribution in [2.45, 2.75) is 25.8 Å². The molecule has 0 amide bonds. The van der Waals surface area contributed by atoms with Gasteiger partial charge in [0.2, 0.25) is 0 Å². The Hall–Kier alpha value is -1.03. The van der Waals surface area contributed by atoms with Gasteiger partial charge in [0.1, 0.15) is 0 Å². The number of carboxylic acid groups (broad SMARTS) is 1. The number of alkyl halides is 1. The highest BCUT2D eigenvalue weighted by Crippen LogP contribution is 2.06. The molecule has 1 aromatic rings. The second-order valence-corrected chi connectivity index (χ2v) is 3.44. The Bertz CT molecular complexity index is 322. The van der Waals surface area contributed by atoms with E-state index in [9.17, 15) is 4.79 Å².